The summed E-state index contributed by atoms with van der Waals surface area (Å²) in [5, 5.41) is 2.85. The fourth-order valence-electron chi connectivity index (χ4n) is 1.35. The second-order valence-corrected chi connectivity index (χ2v) is 5.30. The Balaban J connectivity index is 2.89. The molecule has 0 aliphatic rings. The quantitative estimate of drug-likeness (QED) is 0.905. The SMILES string of the molecule is CC(CNc1ccc(Br)cc1C(F)(F)F)N(C)C. The number of halogens is 4. The van der Waals surface area contributed by atoms with Crippen molar-refractivity contribution in [2.24, 2.45) is 0 Å². The van der Waals surface area contributed by atoms with Gasteiger partial charge < -0.3 is 10.2 Å². The summed E-state index contributed by atoms with van der Waals surface area (Å²) in [6.45, 7) is 2.40. The summed E-state index contributed by atoms with van der Waals surface area (Å²) in [7, 11) is 3.77. The van der Waals surface area contributed by atoms with E-state index in [0.29, 0.717) is 11.0 Å². The second-order valence-electron chi connectivity index (χ2n) is 4.38. The van der Waals surface area contributed by atoms with Crippen LogP contribution in [0.4, 0.5) is 18.9 Å². The molecule has 1 rings (SSSR count). The van der Waals surface area contributed by atoms with Crippen molar-refractivity contribution in [1.82, 2.24) is 4.90 Å². The molecule has 1 N–H and O–H groups in total. The highest BCUT2D eigenvalue weighted by molar-refractivity contribution is 9.10. The number of hydrogen-bond acceptors (Lipinski definition) is 2. The molecule has 1 unspecified atom stereocenters. The molecule has 0 aliphatic heterocycles. The minimum Gasteiger partial charge on any atom is -0.383 e. The standard InChI is InChI=1S/C12H16BrF3N2/c1-8(18(2)3)7-17-11-5-4-9(13)6-10(11)12(14,15)16/h4-6,8,17H,7H2,1-3H3. The minimum absolute atomic E-state index is 0.111. The van der Waals surface area contributed by atoms with Crippen molar-refractivity contribution in [3.63, 3.8) is 0 Å². The molecule has 102 valence electrons. The number of benzene rings is 1. The molecule has 18 heavy (non-hydrogen) atoms. The van der Waals surface area contributed by atoms with E-state index in [1.807, 2.05) is 25.9 Å². The van der Waals surface area contributed by atoms with Crippen molar-refractivity contribution >= 4 is 21.6 Å². The van der Waals surface area contributed by atoms with Crippen LogP contribution in [-0.2, 0) is 6.18 Å². The largest absolute Gasteiger partial charge is 0.418 e. The zero-order valence-electron chi connectivity index (χ0n) is 10.5. The van der Waals surface area contributed by atoms with Gasteiger partial charge in [0.25, 0.3) is 0 Å². The molecular weight excluding hydrogens is 309 g/mol. The van der Waals surface area contributed by atoms with Crippen molar-refractivity contribution in [1.29, 1.82) is 0 Å². The van der Waals surface area contributed by atoms with Gasteiger partial charge in [0, 0.05) is 22.7 Å². The first kappa shape index (κ1) is 15.3. The van der Waals surface area contributed by atoms with E-state index in [1.54, 1.807) is 6.07 Å². The van der Waals surface area contributed by atoms with Gasteiger partial charge in [-0.2, -0.15) is 13.2 Å². The molecule has 2 nitrogen and oxygen atoms in total. The number of anilines is 1. The lowest BCUT2D eigenvalue weighted by Gasteiger charge is -2.22. The Bertz CT molecular complexity index is 405. The Labute approximate surface area is 113 Å². The molecule has 0 saturated heterocycles. The molecule has 0 heterocycles. The third kappa shape index (κ3) is 4.17. The summed E-state index contributed by atoms with van der Waals surface area (Å²) in [5.74, 6) is 0. The van der Waals surface area contributed by atoms with Crippen LogP contribution in [-0.4, -0.2) is 31.6 Å². The Morgan fingerprint density at radius 3 is 2.44 bits per heavy atom. The Hall–Kier alpha value is -0.750. The molecule has 0 bridgehead atoms. The van der Waals surface area contributed by atoms with Crippen molar-refractivity contribution in [2.75, 3.05) is 26.0 Å². The number of alkyl halides is 3. The average molecular weight is 325 g/mol. The summed E-state index contributed by atoms with van der Waals surface area (Å²) < 4.78 is 38.9. The number of hydrogen-bond donors (Lipinski definition) is 1. The van der Waals surface area contributed by atoms with Gasteiger partial charge in [-0.15, -0.1) is 0 Å². The van der Waals surface area contributed by atoms with Gasteiger partial charge in [-0.3, -0.25) is 0 Å². The van der Waals surface area contributed by atoms with Crippen LogP contribution in [0.2, 0.25) is 0 Å². The van der Waals surface area contributed by atoms with Gasteiger partial charge in [-0.05, 0) is 39.2 Å². The molecule has 0 fully saturated rings. The lowest BCUT2D eigenvalue weighted by Crippen LogP contribution is -2.32. The Kier molecular flexibility index (Phi) is 5.04. The molecule has 0 spiro atoms. The smallest absolute Gasteiger partial charge is 0.383 e. The first-order valence-corrected chi connectivity index (χ1v) is 6.28. The lowest BCUT2D eigenvalue weighted by molar-refractivity contribution is -0.137. The van der Waals surface area contributed by atoms with Crippen LogP contribution < -0.4 is 5.32 Å². The number of likely N-dealkylation sites (N-methyl/N-ethyl adjacent to an activating group) is 1. The highest BCUT2D eigenvalue weighted by Gasteiger charge is 2.33. The van der Waals surface area contributed by atoms with E-state index >= 15 is 0 Å². The zero-order chi connectivity index (χ0) is 13.9. The molecule has 6 heteroatoms. The van der Waals surface area contributed by atoms with Crippen LogP contribution in [0.5, 0.6) is 0 Å². The molecule has 0 saturated carbocycles. The summed E-state index contributed by atoms with van der Waals surface area (Å²) >= 11 is 3.06. The highest BCUT2D eigenvalue weighted by atomic mass is 79.9. The zero-order valence-corrected chi connectivity index (χ0v) is 12.1. The van der Waals surface area contributed by atoms with E-state index in [9.17, 15) is 13.2 Å². The van der Waals surface area contributed by atoms with Gasteiger partial charge in [0.1, 0.15) is 0 Å². The van der Waals surface area contributed by atoms with E-state index in [2.05, 4.69) is 21.2 Å². The summed E-state index contributed by atoms with van der Waals surface area (Å²) in [5.41, 5.74) is -0.540. The summed E-state index contributed by atoms with van der Waals surface area (Å²) in [6, 6.07) is 4.27. The molecular formula is C12H16BrF3N2. The second kappa shape index (κ2) is 5.93. The van der Waals surface area contributed by atoms with E-state index < -0.39 is 11.7 Å². The van der Waals surface area contributed by atoms with Crippen molar-refractivity contribution in [3.05, 3.63) is 28.2 Å². The predicted molar refractivity (Wildman–Crippen MR) is 70.8 cm³/mol. The molecule has 0 amide bonds. The molecule has 0 radical (unpaired) electrons. The molecule has 1 aromatic rings. The van der Waals surface area contributed by atoms with Gasteiger partial charge in [0.2, 0.25) is 0 Å². The van der Waals surface area contributed by atoms with E-state index in [-0.39, 0.29) is 11.7 Å². The molecule has 1 aromatic carbocycles. The van der Waals surface area contributed by atoms with Gasteiger partial charge in [-0.25, -0.2) is 0 Å². The van der Waals surface area contributed by atoms with Gasteiger partial charge in [0.15, 0.2) is 0 Å². The first-order valence-electron chi connectivity index (χ1n) is 5.49. The van der Waals surface area contributed by atoms with E-state index in [0.717, 1.165) is 6.07 Å². The monoisotopic (exact) mass is 324 g/mol. The Morgan fingerprint density at radius 1 is 1.33 bits per heavy atom. The van der Waals surface area contributed by atoms with E-state index in [1.165, 1.54) is 6.07 Å². The van der Waals surface area contributed by atoms with Crippen LogP contribution in [0, 0.1) is 0 Å². The van der Waals surface area contributed by atoms with E-state index in [4.69, 9.17) is 0 Å². The third-order valence-corrected chi connectivity index (χ3v) is 3.25. The first-order chi connectivity index (χ1) is 8.21. The van der Waals surface area contributed by atoms with Crippen molar-refractivity contribution < 1.29 is 13.2 Å². The van der Waals surface area contributed by atoms with Crippen molar-refractivity contribution in [3.8, 4) is 0 Å². The van der Waals surface area contributed by atoms with Crippen LogP contribution in [0.25, 0.3) is 0 Å². The fraction of sp³-hybridized carbons (Fsp3) is 0.500. The summed E-state index contributed by atoms with van der Waals surface area (Å²) in [6.07, 6.45) is -4.35. The normalized spacial score (nSPS) is 13.8. The fourth-order valence-corrected chi connectivity index (χ4v) is 1.71. The third-order valence-electron chi connectivity index (χ3n) is 2.76. The minimum atomic E-state index is -4.35. The maximum Gasteiger partial charge on any atom is 0.418 e. The van der Waals surface area contributed by atoms with Gasteiger partial charge in [0.05, 0.1) is 5.56 Å². The maximum absolute atomic E-state index is 12.8. The molecule has 0 aromatic heterocycles. The molecule has 0 aliphatic carbocycles. The molecule has 1 atom stereocenters. The number of nitrogens with one attached hydrogen (secondary N) is 1. The van der Waals surface area contributed by atoms with Crippen LogP contribution >= 0.6 is 15.9 Å². The topological polar surface area (TPSA) is 15.3 Å². The summed E-state index contributed by atoms with van der Waals surface area (Å²) in [4.78, 5) is 1.94. The van der Waals surface area contributed by atoms with Gasteiger partial charge >= 0.3 is 6.18 Å². The van der Waals surface area contributed by atoms with Crippen LogP contribution in [0.15, 0.2) is 22.7 Å². The number of nitrogens with zero attached hydrogens (tertiary/aromatic N) is 1. The van der Waals surface area contributed by atoms with Crippen LogP contribution in [0.1, 0.15) is 12.5 Å². The van der Waals surface area contributed by atoms with Crippen LogP contribution in [0.3, 0.4) is 0 Å². The van der Waals surface area contributed by atoms with Crippen molar-refractivity contribution in [2.45, 2.75) is 19.1 Å². The number of rotatable bonds is 4. The average Bonchev–Trinajstić information content (AvgIpc) is 2.25. The predicted octanol–water partition coefficient (Wildman–Crippen LogP) is 3.83. The van der Waals surface area contributed by atoms with Gasteiger partial charge in [-0.1, -0.05) is 15.9 Å². The highest BCUT2D eigenvalue weighted by Crippen LogP contribution is 2.36. The lowest BCUT2D eigenvalue weighted by atomic mass is 10.1. The Morgan fingerprint density at radius 2 is 1.94 bits per heavy atom. The maximum atomic E-state index is 12.8.